The number of anilines is 3. The Labute approximate surface area is 184 Å². The third kappa shape index (κ3) is 2.72. The van der Waals surface area contributed by atoms with Crippen LogP contribution in [0.3, 0.4) is 0 Å². The van der Waals surface area contributed by atoms with E-state index in [9.17, 15) is 4.79 Å². The summed E-state index contributed by atoms with van der Waals surface area (Å²) in [6, 6.07) is 34.1. The molecule has 32 heavy (non-hydrogen) atoms. The highest BCUT2D eigenvalue weighted by atomic mass is 16.1. The van der Waals surface area contributed by atoms with Gasteiger partial charge in [0.05, 0.1) is 21.9 Å². The zero-order valence-electron chi connectivity index (χ0n) is 17.5. The predicted octanol–water partition coefficient (Wildman–Crippen LogP) is 5.81. The van der Waals surface area contributed by atoms with Crippen molar-refractivity contribution in [1.82, 2.24) is 14.0 Å². The van der Waals surface area contributed by atoms with Gasteiger partial charge >= 0.3 is 0 Å². The van der Waals surface area contributed by atoms with Crippen LogP contribution in [0.15, 0.2) is 108 Å². The van der Waals surface area contributed by atoms with Crippen molar-refractivity contribution in [2.24, 2.45) is 7.05 Å². The van der Waals surface area contributed by atoms with Crippen LogP contribution in [0.5, 0.6) is 0 Å². The molecule has 0 aliphatic rings. The molecule has 2 aromatic heterocycles. The molecule has 0 saturated heterocycles. The maximum atomic E-state index is 13.7. The van der Waals surface area contributed by atoms with Crippen LogP contribution in [0, 0.1) is 0 Å². The van der Waals surface area contributed by atoms with E-state index in [1.807, 2.05) is 90.5 Å². The second kappa shape index (κ2) is 7.10. The first kappa shape index (κ1) is 18.4. The van der Waals surface area contributed by atoms with Crippen LogP contribution in [0.4, 0.5) is 17.1 Å². The van der Waals surface area contributed by atoms with Crippen molar-refractivity contribution >= 4 is 44.8 Å². The second-order valence-corrected chi connectivity index (χ2v) is 7.81. The molecule has 6 aromatic rings. The highest BCUT2D eigenvalue weighted by molar-refractivity contribution is 5.89. The third-order valence-electron chi connectivity index (χ3n) is 5.91. The van der Waals surface area contributed by atoms with Crippen LogP contribution in [0.2, 0.25) is 0 Å². The van der Waals surface area contributed by atoms with Gasteiger partial charge in [0.15, 0.2) is 0 Å². The quantitative estimate of drug-likeness (QED) is 0.366. The molecular weight excluding hydrogens is 396 g/mol. The Hall–Kier alpha value is -4.38. The van der Waals surface area contributed by atoms with Crippen LogP contribution < -0.4 is 10.5 Å². The van der Waals surface area contributed by atoms with Gasteiger partial charge in [0.2, 0.25) is 5.78 Å². The average Bonchev–Trinajstić information content (AvgIpc) is 3.13. The van der Waals surface area contributed by atoms with Crippen molar-refractivity contribution in [3.63, 3.8) is 0 Å². The molecule has 0 aliphatic heterocycles. The van der Waals surface area contributed by atoms with Crippen molar-refractivity contribution in [2.75, 3.05) is 4.90 Å². The van der Waals surface area contributed by atoms with Crippen molar-refractivity contribution in [1.29, 1.82) is 0 Å². The van der Waals surface area contributed by atoms with Gasteiger partial charge in [0.25, 0.3) is 5.56 Å². The van der Waals surface area contributed by atoms with Gasteiger partial charge in [-0.1, -0.05) is 48.5 Å². The van der Waals surface area contributed by atoms with Crippen LogP contribution >= 0.6 is 0 Å². The van der Waals surface area contributed by atoms with Crippen LogP contribution in [-0.4, -0.2) is 14.0 Å². The number of nitrogens with zero attached hydrogens (tertiary/aromatic N) is 4. The summed E-state index contributed by atoms with van der Waals surface area (Å²) in [5.74, 6) is 0.638. The summed E-state index contributed by atoms with van der Waals surface area (Å²) >= 11 is 0. The van der Waals surface area contributed by atoms with Gasteiger partial charge in [-0.25, -0.2) is 9.38 Å². The van der Waals surface area contributed by atoms with Gasteiger partial charge < -0.3 is 9.47 Å². The van der Waals surface area contributed by atoms with Gasteiger partial charge in [-0.3, -0.25) is 4.79 Å². The lowest BCUT2D eigenvalue weighted by molar-refractivity contribution is 0.949. The molecule has 0 aliphatic carbocycles. The Morgan fingerprint density at radius 2 is 1.28 bits per heavy atom. The highest BCUT2D eigenvalue weighted by Gasteiger charge is 2.17. The minimum absolute atomic E-state index is 0.0651. The monoisotopic (exact) mass is 416 g/mol. The minimum atomic E-state index is -0.0651. The maximum Gasteiger partial charge on any atom is 0.267 e. The van der Waals surface area contributed by atoms with E-state index < -0.39 is 0 Å². The average molecular weight is 416 g/mol. The van der Waals surface area contributed by atoms with Gasteiger partial charge in [0, 0.05) is 24.1 Å². The van der Waals surface area contributed by atoms with E-state index in [2.05, 4.69) is 29.2 Å². The van der Waals surface area contributed by atoms with E-state index in [0.29, 0.717) is 16.7 Å². The number of imidazole rings is 1. The standard InChI is InChI=1S/C27H20N4O/c1-29-24-14-8-9-15-25(24)31-26(32)22-18-21(16-17-23(22)28-27(29)31)30(19-10-4-2-5-11-19)20-12-6-3-7-13-20/h2-18H,1H3. The van der Waals surface area contributed by atoms with E-state index in [1.54, 1.807) is 4.40 Å². The van der Waals surface area contributed by atoms with E-state index in [4.69, 9.17) is 4.98 Å². The molecule has 0 amide bonds. The Morgan fingerprint density at radius 1 is 0.688 bits per heavy atom. The molecule has 0 bridgehead atoms. The SMILES string of the molecule is Cn1c2ccccc2n2c(=O)c3cc(N(c4ccccc4)c4ccccc4)ccc3nc12. The lowest BCUT2D eigenvalue weighted by Gasteiger charge is -2.25. The number of fused-ring (bicyclic) bond motifs is 4. The van der Waals surface area contributed by atoms with E-state index in [1.165, 1.54) is 0 Å². The van der Waals surface area contributed by atoms with Gasteiger partial charge in [-0.05, 0) is 54.6 Å². The molecular formula is C27H20N4O. The first-order chi connectivity index (χ1) is 15.7. The number of hydrogen-bond acceptors (Lipinski definition) is 3. The van der Waals surface area contributed by atoms with E-state index in [0.717, 1.165) is 28.1 Å². The molecule has 154 valence electrons. The van der Waals surface area contributed by atoms with Crippen molar-refractivity contribution < 1.29 is 0 Å². The summed E-state index contributed by atoms with van der Waals surface area (Å²) in [7, 11) is 1.94. The summed E-state index contributed by atoms with van der Waals surface area (Å²) in [4.78, 5) is 20.6. The zero-order chi connectivity index (χ0) is 21.7. The highest BCUT2D eigenvalue weighted by Crippen LogP contribution is 2.35. The summed E-state index contributed by atoms with van der Waals surface area (Å²) < 4.78 is 3.67. The van der Waals surface area contributed by atoms with Crippen LogP contribution in [0.1, 0.15) is 0 Å². The van der Waals surface area contributed by atoms with E-state index in [-0.39, 0.29) is 5.56 Å². The molecule has 0 fully saturated rings. The lowest BCUT2D eigenvalue weighted by Crippen LogP contribution is -2.16. The molecule has 5 nitrogen and oxygen atoms in total. The van der Waals surface area contributed by atoms with E-state index >= 15 is 0 Å². The lowest BCUT2D eigenvalue weighted by atomic mass is 10.1. The molecule has 0 N–H and O–H groups in total. The van der Waals surface area contributed by atoms with Crippen molar-refractivity contribution in [2.45, 2.75) is 0 Å². The molecule has 0 atom stereocenters. The van der Waals surface area contributed by atoms with Crippen LogP contribution in [-0.2, 0) is 7.05 Å². The predicted molar refractivity (Wildman–Crippen MR) is 130 cm³/mol. The summed E-state index contributed by atoms with van der Waals surface area (Å²) in [6.45, 7) is 0. The first-order valence-corrected chi connectivity index (χ1v) is 10.5. The number of aromatic nitrogens is 3. The first-order valence-electron chi connectivity index (χ1n) is 10.5. The number of hydrogen-bond donors (Lipinski definition) is 0. The van der Waals surface area contributed by atoms with Gasteiger partial charge in [0.1, 0.15) is 0 Å². The molecule has 4 aromatic carbocycles. The van der Waals surface area contributed by atoms with Crippen molar-refractivity contribution in [3.05, 3.63) is 113 Å². The molecule has 0 saturated carbocycles. The molecule has 0 spiro atoms. The normalized spacial score (nSPS) is 11.4. The maximum absolute atomic E-state index is 13.7. The Kier molecular flexibility index (Phi) is 4.08. The Morgan fingerprint density at radius 3 is 1.94 bits per heavy atom. The fourth-order valence-corrected chi connectivity index (χ4v) is 4.39. The Balaban J connectivity index is 1.65. The molecule has 6 rings (SSSR count). The van der Waals surface area contributed by atoms with Crippen LogP contribution in [0.25, 0.3) is 27.7 Å². The number of aryl methyl sites for hydroxylation is 1. The smallest absolute Gasteiger partial charge is 0.267 e. The summed E-state index contributed by atoms with van der Waals surface area (Å²) in [5.41, 5.74) is 5.42. The van der Waals surface area contributed by atoms with Gasteiger partial charge in [-0.15, -0.1) is 0 Å². The summed E-state index contributed by atoms with van der Waals surface area (Å²) in [5, 5.41) is 0.591. The zero-order valence-corrected chi connectivity index (χ0v) is 17.5. The molecule has 2 heterocycles. The molecule has 0 unspecified atom stereocenters. The topological polar surface area (TPSA) is 42.5 Å². The minimum Gasteiger partial charge on any atom is -0.313 e. The largest absolute Gasteiger partial charge is 0.313 e. The number of rotatable bonds is 3. The van der Waals surface area contributed by atoms with Gasteiger partial charge in [-0.2, -0.15) is 0 Å². The summed E-state index contributed by atoms with van der Waals surface area (Å²) in [6.07, 6.45) is 0. The van der Waals surface area contributed by atoms with Crippen molar-refractivity contribution in [3.8, 4) is 0 Å². The third-order valence-corrected chi connectivity index (χ3v) is 5.91. The Bertz CT molecular complexity index is 1610. The molecule has 0 radical (unpaired) electrons. The fourth-order valence-electron chi connectivity index (χ4n) is 4.39. The second-order valence-electron chi connectivity index (χ2n) is 7.81. The fraction of sp³-hybridized carbons (Fsp3) is 0.0370. The number of benzene rings is 4. The number of para-hydroxylation sites is 4. The molecule has 5 heteroatoms.